The summed E-state index contributed by atoms with van der Waals surface area (Å²) >= 11 is 0. The summed E-state index contributed by atoms with van der Waals surface area (Å²) in [5.41, 5.74) is 1.54. The number of hydrogen-bond acceptors (Lipinski definition) is 1. The van der Waals surface area contributed by atoms with Crippen molar-refractivity contribution in [1.82, 2.24) is 0 Å². The van der Waals surface area contributed by atoms with Gasteiger partial charge in [-0.05, 0) is 42.9 Å². The Bertz CT molecular complexity index is 367. The number of ketones is 1. The van der Waals surface area contributed by atoms with Gasteiger partial charge in [-0.2, -0.15) is 0 Å². The summed E-state index contributed by atoms with van der Waals surface area (Å²) in [6.45, 7) is 5.65. The maximum absolute atomic E-state index is 13.8. The van der Waals surface area contributed by atoms with E-state index >= 15 is 0 Å². The molecule has 0 saturated heterocycles. The molecule has 0 N–H and O–H groups in total. The van der Waals surface area contributed by atoms with Gasteiger partial charge in [-0.15, -0.1) is 0 Å². The van der Waals surface area contributed by atoms with Gasteiger partial charge in [0.1, 0.15) is 11.6 Å². The Hall–Kier alpha value is -1.18. The number of rotatable bonds is 5. The molecular weight excluding hydrogens is 203 g/mol. The molecule has 0 heterocycles. The summed E-state index contributed by atoms with van der Waals surface area (Å²) in [4.78, 5) is 10.9. The lowest BCUT2D eigenvalue weighted by Gasteiger charge is -2.14. The molecule has 1 aromatic rings. The van der Waals surface area contributed by atoms with E-state index in [4.69, 9.17) is 0 Å². The Kier molecular flexibility index (Phi) is 4.66. The Balaban J connectivity index is 2.94. The van der Waals surface area contributed by atoms with Crippen molar-refractivity contribution in [3.05, 3.63) is 35.1 Å². The number of carbonyl (C=O) groups excluding carboxylic acids is 1. The monoisotopic (exact) mass is 222 g/mol. The average Bonchev–Trinajstić information content (AvgIpc) is 2.21. The molecule has 0 unspecified atom stereocenters. The average molecular weight is 222 g/mol. The summed E-state index contributed by atoms with van der Waals surface area (Å²) in [6, 6.07) is 5.18. The van der Waals surface area contributed by atoms with E-state index in [1.165, 1.54) is 13.0 Å². The third kappa shape index (κ3) is 3.16. The molecule has 0 radical (unpaired) electrons. The van der Waals surface area contributed by atoms with Crippen LogP contribution in [-0.4, -0.2) is 5.78 Å². The van der Waals surface area contributed by atoms with Gasteiger partial charge in [0.05, 0.1) is 0 Å². The van der Waals surface area contributed by atoms with E-state index in [1.807, 2.05) is 12.1 Å². The fourth-order valence-electron chi connectivity index (χ4n) is 2.03. The van der Waals surface area contributed by atoms with Gasteiger partial charge in [-0.3, -0.25) is 4.79 Å². The summed E-state index contributed by atoms with van der Waals surface area (Å²) in [5.74, 6) is 0.175. The quantitative estimate of drug-likeness (QED) is 0.739. The zero-order chi connectivity index (χ0) is 12.1. The molecule has 1 nitrogen and oxygen atoms in total. The minimum Gasteiger partial charge on any atom is -0.300 e. The van der Waals surface area contributed by atoms with Gasteiger partial charge in [0.25, 0.3) is 0 Å². The van der Waals surface area contributed by atoms with E-state index in [2.05, 4.69) is 13.8 Å². The number of benzene rings is 1. The van der Waals surface area contributed by atoms with Crippen LogP contribution in [0.2, 0.25) is 0 Å². The largest absolute Gasteiger partial charge is 0.300 e. The molecule has 0 spiro atoms. The first-order chi connectivity index (χ1) is 7.58. The molecule has 2 heteroatoms. The van der Waals surface area contributed by atoms with E-state index in [-0.39, 0.29) is 17.5 Å². The van der Waals surface area contributed by atoms with Crippen LogP contribution in [-0.2, 0) is 11.2 Å². The van der Waals surface area contributed by atoms with Gasteiger partial charge in [0.2, 0.25) is 0 Å². The zero-order valence-electron chi connectivity index (χ0n) is 10.2. The summed E-state index contributed by atoms with van der Waals surface area (Å²) in [7, 11) is 0. The molecule has 0 aliphatic rings. The van der Waals surface area contributed by atoms with Gasteiger partial charge >= 0.3 is 0 Å². The smallest absolute Gasteiger partial charge is 0.134 e. The number of carbonyl (C=O) groups is 1. The topological polar surface area (TPSA) is 17.1 Å². The molecule has 0 atom stereocenters. The molecule has 1 rings (SSSR count). The van der Waals surface area contributed by atoms with Crippen LogP contribution in [0.5, 0.6) is 0 Å². The van der Waals surface area contributed by atoms with Crippen molar-refractivity contribution in [3.63, 3.8) is 0 Å². The van der Waals surface area contributed by atoms with Gasteiger partial charge < -0.3 is 0 Å². The standard InChI is InChI=1S/C14H19FO/c1-4-12(5-2)13-7-6-11(8-10(3)16)9-14(13)15/h6-7,9,12H,4-5,8H2,1-3H3. The summed E-state index contributed by atoms with van der Waals surface area (Å²) in [5, 5.41) is 0. The molecule has 0 saturated carbocycles. The second kappa shape index (κ2) is 5.78. The van der Waals surface area contributed by atoms with Crippen molar-refractivity contribution in [2.75, 3.05) is 0 Å². The summed E-state index contributed by atoms with van der Waals surface area (Å²) < 4.78 is 13.8. The van der Waals surface area contributed by atoms with Crippen LogP contribution >= 0.6 is 0 Å². The summed E-state index contributed by atoms with van der Waals surface area (Å²) in [6.07, 6.45) is 2.21. The molecule has 88 valence electrons. The SMILES string of the molecule is CCC(CC)c1ccc(CC(C)=O)cc1F. The van der Waals surface area contributed by atoms with E-state index in [0.717, 1.165) is 24.0 Å². The Labute approximate surface area is 96.7 Å². The van der Waals surface area contributed by atoms with Crippen LogP contribution in [0, 0.1) is 5.82 Å². The van der Waals surface area contributed by atoms with Crippen LogP contribution in [0.15, 0.2) is 18.2 Å². The molecule has 16 heavy (non-hydrogen) atoms. The predicted octanol–water partition coefficient (Wildman–Crippen LogP) is 3.86. The first kappa shape index (κ1) is 12.9. The fourth-order valence-corrected chi connectivity index (χ4v) is 2.03. The van der Waals surface area contributed by atoms with E-state index < -0.39 is 0 Å². The van der Waals surface area contributed by atoms with Crippen molar-refractivity contribution in [2.45, 2.75) is 46.0 Å². The molecule has 0 aliphatic carbocycles. The lowest BCUT2D eigenvalue weighted by Crippen LogP contribution is -2.02. The van der Waals surface area contributed by atoms with Crippen LogP contribution in [0.1, 0.15) is 50.7 Å². The number of Topliss-reactive ketones (excluding diaryl/α,β-unsaturated/α-hetero) is 1. The molecule has 0 fully saturated rings. The normalized spacial score (nSPS) is 10.8. The minimum atomic E-state index is -0.174. The minimum absolute atomic E-state index is 0.0645. The Morgan fingerprint density at radius 1 is 1.31 bits per heavy atom. The van der Waals surface area contributed by atoms with Crippen molar-refractivity contribution in [1.29, 1.82) is 0 Å². The van der Waals surface area contributed by atoms with Crippen molar-refractivity contribution in [2.24, 2.45) is 0 Å². The Morgan fingerprint density at radius 3 is 2.38 bits per heavy atom. The van der Waals surface area contributed by atoms with Crippen LogP contribution < -0.4 is 0 Å². The third-order valence-electron chi connectivity index (χ3n) is 2.94. The van der Waals surface area contributed by atoms with Gasteiger partial charge in [-0.25, -0.2) is 4.39 Å². The second-order valence-corrected chi connectivity index (χ2v) is 4.25. The number of halogens is 1. The molecule has 0 amide bonds. The Morgan fingerprint density at radius 2 is 1.94 bits per heavy atom. The fraction of sp³-hybridized carbons (Fsp3) is 0.500. The van der Waals surface area contributed by atoms with Crippen molar-refractivity contribution >= 4 is 5.78 Å². The molecule has 1 aromatic carbocycles. The molecule has 0 bridgehead atoms. The lowest BCUT2D eigenvalue weighted by atomic mass is 9.92. The highest BCUT2D eigenvalue weighted by molar-refractivity contribution is 5.78. The maximum atomic E-state index is 13.8. The van der Waals surface area contributed by atoms with Crippen LogP contribution in [0.4, 0.5) is 4.39 Å². The number of hydrogen-bond donors (Lipinski definition) is 0. The molecular formula is C14H19FO. The van der Waals surface area contributed by atoms with E-state index in [0.29, 0.717) is 6.42 Å². The van der Waals surface area contributed by atoms with E-state index in [9.17, 15) is 9.18 Å². The predicted molar refractivity (Wildman–Crippen MR) is 64.1 cm³/mol. The van der Waals surface area contributed by atoms with Crippen molar-refractivity contribution in [3.8, 4) is 0 Å². The first-order valence-electron chi connectivity index (χ1n) is 5.86. The van der Waals surface area contributed by atoms with Gasteiger partial charge in [0, 0.05) is 6.42 Å². The highest BCUT2D eigenvalue weighted by Gasteiger charge is 2.12. The maximum Gasteiger partial charge on any atom is 0.134 e. The highest BCUT2D eigenvalue weighted by atomic mass is 19.1. The molecule has 0 aromatic heterocycles. The lowest BCUT2D eigenvalue weighted by molar-refractivity contribution is -0.116. The highest BCUT2D eigenvalue weighted by Crippen LogP contribution is 2.26. The third-order valence-corrected chi connectivity index (χ3v) is 2.94. The van der Waals surface area contributed by atoms with Gasteiger partial charge in [-0.1, -0.05) is 26.0 Å². The molecule has 0 aliphatic heterocycles. The van der Waals surface area contributed by atoms with Crippen LogP contribution in [0.3, 0.4) is 0 Å². The van der Waals surface area contributed by atoms with Gasteiger partial charge in [0.15, 0.2) is 0 Å². The van der Waals surface area contributed by atoms with E-state index in [1.54, 1.807) is 0 Å². The first-order valence-corrected chi connectivity index (χ1v) is 5.86. The second-order valence-electron chi connectivity index (χ2n) is 4.25. The van der Waals surface area contributed by atoms with Crippen molar-refractivity contribution < 1.29 is 9.18 Å². The zero-order valence-corrected chi connectivity index (χ0v) is 10.2. The van der Waals surface area contributed by atoms with Crippen LogP contribution in [0.25, 0.3) is 0 Å².